The van der Waals surface area contributed by atoms with Gasteiger partial charge in [-0.05, 0) is 6.92 Å². The van der Waals surface area contributed by atoms with Crippen molar-refractivity contribution in [3.63, 3.8) is 0 Å². The molecule has 0 amide bonds. The molecule has 0 saturated heterocycles. The summed E-state index contributed by atoms with van der Waals surface area (Å²) in [4.78, 5) is 20.8. The van der Waals surface area contributed by atoms with Crippen LogP contribution >= 0.6 is 0 Å². The summed E-state index contributed by atoms with van der Waals surface area (Å²) >= 11 is 0. The smallest absolute Gasteiger partial charge is 0.336 e. The Morgan fingerprint density at radius 2 is 2.25 bits per heavy atom. The van der Waals surface area contributed by atoms with Gasteiger partial charge < -0.3 is 9.47 Å². The van der Waals surface area contributed by atoms with Crippen LogP contribution in [0.25, 0.3) is 0 Å². The van der Waals surface area contributed by atoms with Crippen molar-refractivity contribution in [2.45, 2.75) is 26.6 Å². The zero-order valence-electron chi connectivity index (χ0n) is 7.20. The number of ether oxygens (including phenoxy) is 2. The van der Waals surface area contributed by atoms with E-state index in [1.807, 2.05) is 0 Å². The largest absolute Gasteiger partial charge is 0.427 e. The quantitative estimate of drug-likeness (QED) is 0.269. The van der Waals surface area contributed by atoms with E-state index in [0.29, 0.717) is 6.42 Å². The highest BCUT2D eigenvalue weighted by atomic mass is 16.7. The van der Waals surface area contributed by atoms with E-state index in [-0.39, 0.29) is 12.0 Å². The fourth-order valence-electron chi connectivity index (χ4n) is 0.489. The minimum Gasteiger partial charge on any atom is -0.427 e. The van der Waals surface area contributed by atoms with Crippen LogP contribution in [0.15, 0.2) is 12.2 Å². The highest BCUT2D eigenvalue weighted by Crippen LogP contribution is 2.02. The summed E-state index contributed by atoms with van der Waals surface area (Å²) in [5.74, 6) is -0.552. The molecule has 4 nitrogen and oxygen atoms in total. The van der Waals surface area contributed by atoms with Gasteiger partial charge in [-0.1, -0.05) is 13.5 Å². The molecule has 4 heteroatoms. The third kappa shape index (κ3) is 3.75. The van der Waals surface area contributed by atoms with Crippen LogP contribution in [0, 0.1) is 0 Å². The van der Waals surface area contributed by atoms with Crippen LogP contribution in [-0.2, 0) is 19.1 Å². The van der Waals surface area contributed by atoms with Crippen LogP contribution in [0.3, 0.4) is 0 Å². The Morgan fingerprint density at radius 1 is 1.67 bits per heavy atom. The van der Waals surface area contributed by atoms with Gasteiger partial charge in [-0.3, -0.25) is 4.79 Å². The van der Waals surface area contributed by atoms with E-state index in [1.165, 1.54) is 6.92 Å². The lowest BCUT2D eigenvalue weighted by atomic mass is 10.3. The van der Waals surface area contributed by atoms with E-state index in [4.69, 9.17) is 4.74 Å². The molecular formula is C8H12O4. The van der Waals surface area contributed by atoms with E-state index in [9.17, 15) is 9.59 Å². The number of rotatable bonds is 5. The van der Waals surface area contributed by atoms with E-state index in [1.54, 1.807) is 6.92 Å². The van der Waals surface area contributed by atoms with Crippen LogP contribution in [0.2, 0.25) is 0 Å². The molecule has 12 heavy (non-hydrogen) atoms. The van der Waals surface area contributed by atoms with Crippen molar-refractivity contribution in [2.75, 3.05) is 0 Å². The van der Waals surface area contributed by atoms with Gasteiger partial charge in [0.25, 0.3) is 6.47 Å². The molecule has 0 rings (SSSR count). The molecule has 0 saturated carbocycles. The summed E-state index contributed by atoms with van der Waals surface area (Å²) < 4.78 is 9.16. The lowest BCUT2D eigenvalue weighted by Crippen LogP contribution is -2.20. The molecule has 0 aromatic rings. The second-order valence-corrected chi connectivity index (χ2v) is 2.26. The first-order valence-corrected chi connectivity index (χ1v) is 3.57. The fraction of sp³-hybridized carbons (Fsp3) is 0.500. The standard InChI is InChI=1S/C8H12O4/c1-4-7(11-5-9)12-8(10)6(2)3/h5,7H,2,4H2,1,3H3. The maximum atomic E-state index is 10.9. The number of hydrogen-bond acceptors (Lipinski definition) is 4. The first-order valence-electron chi connectivity index (χ1n) is 3.57. The molecule has 0 aromatic carbocycles. The molecule has 1 unspecified atom stereocenters. The van der Waals surface area contributed by atoms with E-state index in [0.717, 1.165) is 0 Å². The minimum absolute atomic E-state index is 0.250. The molecule has 0 spiro atoms. The predicted octanol–water partition coefficient (Wildman–Crippen LogP) is 1.01. The summed E-state index contributed by atoms with van der Waals surface area (Å²) in [5.41, 5.74) is 0.281. The Kier molecular flexibility index (Phi) is 4.76. The molecule has 0 aliphatic heterocycles. The third-order valence-corrected chi connectivity index (χ3v) is 1.13. The molecule has 0 aliphatic carbocycles. The van der Waals surface area contributed by atoms with E-state index < -0.39 is 12.3 Å². The van der Waals surface area contributed by atoms with Crippen LogP contribution in [0.1, 0.15) is 20.3 Å². The van der Waals surface area contributed by atoms with Crippen molar-refractivity contribution >= 4 is 12.4 Å². The molecular weight excluding hydrogens is 160 g/mol. The van der Waals surface area contributed by atoms with E-state index >= 15 is 0 Å². The first-order chi connectivity index (χ1) is 5.61. The average Bonchev–Trinajstić information content (AvgIpc) is 2.03. The van der Waals surface area contributed by atoms with Crippen molar-refractivity contribution < 1.29 is 19.1 Å². The SMILES string of the molecule is C=C(C)C(=O)OC(CC)OC=O. The first kappa shape index (κ1) is 10.7. The molecule has 0 heterocycles. The highest BCUT2D eigenvalue weighted by Gasteiger charge is 2.12. The zero-order valence-corrected chi connectivity index (χ0v) is 7.20. The van der Waals surface area contributed by atoms with Gasteiger partial charge in [0.15, 0.2) is 0 Å². The summed E-state index contributed by atoms with van der Waals surface area (Å²) in [6.45, 7) is 6.89. The predicted molar refractivity (Wildman–Crippen MR) is 42.1 cm³/mol. The second kappa shape index (κ2) is 5.35. The summed E-state index contributed by atoms with van der Waals surface area (Å²) in [6, 6.07) is 0. The molecule has 0 radical (unpaired) electrons. The van der Waals surface area contributed by atoms with Crippen molar-refractivity contribution in [3.8, 4) is 0 Å². The molecule has 68 valence electrons. The van der Waals surface area contributed by atoms with Crippen LogP contribution in [0.5, 0.6) is 0 Å². The van der Waals surface area contributed by atoms with Crippen molar-refractivity contribution in [1.29, 1.82) is 0 Å². The third-order valence-electron chi connectivity index (χ3n) is 1.13. The Bertz CT molecular complexity index is 185. The Labute approximate surface area is 71.2 Å². The van der Waals surface area contributed by atoms with Gasteiger partial charge in [-0.25, -0.2) is 4.79 Å². The molecule has 0 N–H and O–H groups in total. The summed E-state index contributed by atoms with van der Waals surface area (Å²) in [5, 5.41) is 0. The number of esters is 1. The Morgan fingerprint density at radius 3 is 2.58 bits per heavy atom. The van der Waals surface area contributed by atoms with Gasteiger partial charge in [0.2, 0.25) is 6.29 Å². The van der Waals surface area contributed by atoms with Crippen LogP contribution in [0.4, 0.5) is 0 Å². The number of carbonyl (C=O) groups excluding carboxylic acids is 2. The molecule has 0 aromatic heterocycles. The summed E-state index contributed by atoms with van der Waals surface area (Å²) in [7, 11) is 0. The maximum Gasteiger partial charge on any atom is 0.336 e. The normalized spacial score (nSPS) is 11.5. The lowest BCUT2D eigenvalue weighted by Gasteiger charge is -2.13. The van der Waals surface area contributed by atoms with Crippen LogP contribution < -0.4 is 0 Å². The molecule has 1 atom stereocenters. The van der Waals surface area contributed by atoms with E-state index in [2.05, 4.69) is 11.3 Å². The second-order valence-electron chi connectivity index (χ2n) is 2.26. The fourth-order valence-corrected chi connectivity index (χ4v) is 0.489. The van der Waals surface area contributed by atoms with Crippen LogP contribution in [-0.4, -0.2) is 18.7 Å². The molecule has 0 bridgehead atoms. The van der Waals surface area contributed by atoms with Crippen molar-refractivity contribution in [2.24, 2.45) is 0 Å². The van der Waals surface area contributed by atoms with Gasteiger partial charge in [0.1, 0.15) is 0 Å². The maximum absolute atomic E-state index is 10.9. The number of hydrogen-bond donors (Lipinski definition) is 0. The Hall–Kier alpha value is -1.32. The number of carbonyl (C=O) groups is 2. The Balaban J connectivity index is 3.93. The monoisotopic (exact) mass is 172 g/mol. The summed E-state index contributed by atoms with van der Waals surface area (Å²) in [6.07, 6.45) is -0.371. The minimum atomic E-state index is -0.799. The topological polar surface area (TPSA) is 52.6 Å². The van der Waals surface area contributed by atoms with Gasteiger partial charge in [-0.15, -0.1) is 0 Å². The van der Waals surface area contributed by atoms with Gasteiger partial charge in [0.05, 0.1) is 0 Å². The lowest BCUT2D eigenvalue weighted by molar-refractivity contribution is -0.176. The zero-order chi connectivity index (χ0) is 9.56. The van der Waals surface area contributed by atoms with Crippen molar-refractivity contribution in [1.82, 2.24) is 0 Å². The highest BCUT2D eigenvalue weighted by molar-refractivity contribution is 5.87. The average molecular weight is 172 g/mol. The molecule has 0 fully saturated rings. The van der Waals surface area contributed by atoms with Gasteiger partial charge in [-0.2, -0.15) is 0 Å². The van der Waals surface area contributed by atoms with Crippen molar-refractivity contribution in [3.05, 3.63) is 12.2 Å². The van der Waals surface area contributed by atoms with Gasteiger partial charge in [0, 0.05) is 12.0 Å². The van der Waals surface area contributed by atoms with Gasteiger partial charge >= 0.3 is 5.97 Å². The molecule has 0 aliphatic rings.